The predicted octanol–water partition coefficient (Wildman–Crippen LogP) is 2.27. The smallest absolute Gasteiger partial charge is 0.0685 e. The Bertz CT molecular complexity index is 357. The van der Waals surface area contributed by atoms with Crippen LogP contribution in [0.25, 0.3) is 0 Å². The Morgan fingerprint density at radius 1 is 1.43 bits per heavy atom. The van der Waals surface area contributed by atoms with Crippen molar-refractivity contribution in [3.05, 3.63) is 29.3 Å². The summed E-state index contributed by atoms with van der Waals surface area (Å²) in [6.45, 7) is 6.74. The summed E-state index contributed by atoms with van der Waals surface area (Å²) in [6, 6.07) is 6.50. The molecule has 0 bridgehead atoms. The Labute approximate surface area is 85.0 Å². The fraction of sp³-hybridized carbons (Fsp3) is 0.500. The molecule has 0 amide bonds. The van der Waals surface area contributed by atoms with E-state index in [0.29, 0.717) is 6.04 Å². The fourth-order valence-corrected chi connectivity index (χ4v) is 2.24. The molecule has 14 heavy (non-hydrogen) atoms. The summed E-state index contributed by atoms with van der Waals surface area (Å²) in [5.74, 6) is 0. The van der Waals surface area contributed by atoms with Crippen LogP contribution in [0.3, 0.4) is 0 Å². The number of fused-ring (bicyclic) bond motifs is 1. The van der Waals surface area contributed by atoms with Gasteiger partial charge in [-0.25, -0.2) is 0 Å². The summed E-state index contributed by atoms with van der Waals surface area (Å²) in [5.41, 5.74) is 3.60. The van der Waals surface area contributed by atoms with E-state index in [-0.39, 0.29) is 12.0 Å². The molecule has 2 N–H and O–H groups in total. The van der Waals surface area contributed by atoms with Gasteiger partial charge >= 0.3 is 0 Å². The Morgan fingerprint density at radius 2 is 2.14 bits per heavy atom. The maximum atomic E-state index is 9.29. The third-order valence-electron chi connectivity index (χ3n) is 3.42. The van der Waals surface area contributed by atoms with Crippen molar-refractivity contribution >= 4 is 5.69 Å². The lowest BCUT2D eigenvalue weighted by atomic mass is 9.79. The Kier molecular flexibility index (Phi) is 2.04. The lowest BCUT2D eigenvalue weighted by Gasteiger charge is -2.25. The molecule has 0 aromatic heterocycles. The van der Waals surface area contributed by atoms with Crippen LogP contribution in [-0.4, -0.2) is 11.1 Å². The molecular weight excluding hydrogens is 174 g/mol. The molecule has 1 aromatic rings. The van der Waals surface area contributed by atoms with Crippen LogP contribution in [0, 0.1) is 0 Å². The van der Waals surface area contributed by atoms with Crippen LogP contribution in [0.2, 0.25) is 0 Å². The van der Waals surface area contributed by atoms with Crippen LogP contribution in [0.5, 0.6) is 0 Å². The molecule has 1 heterocycles. The van der Waals surface area contributed by atoms with E-state index in [2.05, 4.69) is 32.2 Å². The second kappa shape index (κ2) is 2.99. The zero-order valence-corrected chi connectivity index (χ0v) is 8.96. The van der Waals surface area contributed by atoms with Crippen LogP contribution < -0.4 is 5.32 Å². The molecule has 1 aliphatic heterocycles. The van der Waals surface area contributed by atoms with Gasteiger partial charge in [-0.2, -0.15) is 0 Å². The van der Waals surface area contributed by atoms with Crippen LogP contribution in [-0.2, 0) is 12.0 Å². The second-order valence-corrected chi connectivity index (χ2v) is 4.59. The van der Waals surface area contributed by atoms with E-state index in [4.69, 9.17) is 0 Å². The number of aliphatic hydroxyl groups excluding tert-OH is 1. The first-order chi connectivity index (χ1) is 6.57. The first-order valence-electron chi connectivity index (χ1n) is 5.07. The first-order valence-corrected chi connectivity index (χ1v) is 5.07. The number of hydrogen-bond donors (Lipinski definition) is 2. The SMILES string of the molecule is CC1Nc2cccc(CO)c2C1(C)C. The second-order valence-electron chi connectivity index (χ2n) is 4.59. The lowest BCUT2D eigenvalue weighted by molar-refractivity contribution is 0.278. The third kappa shape index (κ3) is 1.14. The molecule has 1 aromatic carbocycles. The van der Waals surface area contributed by atoms with Gasteiger partial charge in [0.05, 0.1) is 6.61 Å². The van der Waals surface area contributed by atoms with Crippen molar-refractivity contribution in [1.29, 1.82) is 0 Å². The Hall–Kier alpha value is -1.02. The number of anilines is 1. The molecule has 1 aliphatic rings. The highest BCUT2D eigenvalue weighted by Crippen LogP contribution is 2.42. The Morgan fingerprint density at radius 3 is 2.79 bits per heavy atom. The van der Waals surface area contributed by atoms with Gasteiger partial charge in [0.25, 0.3) is 0 Å². The summed E-state index contributed by atoms with van der Waals surface area (Å²) in [5, 5.41) is 12.7. The van der Waals surface area contributed by atoms with E-state index < -0.39 is 0 Å². The maximum Gasteiger partial charge on any atom is 0.0685 e. The van der Waals surface area contributed by atoms with Crippen molar-refractivity contribution in [2.24, 2.45) is 0 Å². The normalized spacial score (nSPS) is 23.0. The molecule has 0 aliphatic carbocycles. The van der Waals surface area contributed by atoms with E-state index in [1.807, 2.05) is 12.1 Å². The van der Waals surface area contributed by atoms with Crippen LogP contribution in [0.4, 0.5) is 5.69 Å². The molecule has 0 fully saturated rings. The molecule has 0 spiro atoms. The molecule has 0 saturated heterocycles. The lowest BCUT2D eigenvalue weighted by Crippen LogP contribution is -2.30. The van der Waals surface area contributed by atoms with E-state index in [0.717, 1.165) is 5.56 Å². The summed E-state index contributed by atoms with van der Waals surface area (Å²) >= 11 is 0. The number of hydrogen-bond acceptors (Lipinski definition) is 2. The van der Waals surface area contributed by atoms with Gasteiger partial charge in [0.1, 0.15) is 0 Å². The number of benzene rings is 1. The van der Waals surface area contributed by atoms with Gasteiger partial charge in [-0.05, 0) is 24.1 Å². The molecule has 2 nitrogen and oxygen atoms in total. The predicted molar refractivity (Wildman–Crippen MR) is 58.5 cm³/mol. The molecule has 1 atom stereocenters. The highest BCUT2D eigenvalue weighted by atomic mass is 16.3. The van der Waals surface area contributed by atoms with Gasteiger partial charge in [0.15, 0.2) is 0 Å². The van der Waals surface area contributed by atoms with Crippen molar-refractivity contribution in [3.8, 4) is 0 Å². The van der Waals surface area contributed by atoms with Gasteiger partial charge in [0, 0.05) is 17.1 Å². The molecular formula is C12H17NO. The highest BCUT2D eigenvalue weighted by molar-refractivity contribution is 5.64. The molecule has 2 heteroatoms. The van der Waals surface area contributed by atoms with Crippen molar-refractivity contribution in [1.82, 2.24) is 0 Å². The minimum atomic E-state index is 0.106. The van der Waals surface area contributed by atoms with Gasteiger partial charge in [-0.3, -0.25) is 0 Å². The van der Waals surface area contributed by atoms with Crippen molar-refractivity contribution in [2.75, 3.05) is 5.32 Å². The summed E-state index contributed by atoms with van der Waals surface area (Å²) in [4.78, 5) is 0. The largest absolute Gasteiger partial charge is 0.392 e. The van der Waals surface area contributed by atoms with Crippen molar-refractivity contribution in [3.63, 3.8) is 0 Å². The zero-order valence-electron chi connectivity index (χ0n) is 8.96. The quantitative estimate of drug-likeness (QED) is 0.713. The van der Waals surface area contributed by atoms with Gasteiger partial charge in [-0.15, -0.1) is 0 Å². The van der Waals surface area contributed by atoms with Crippen LogP contribution >= 0.6 is 0 Å². The minimum absolute atomic E-state index is 0.106. The standard InChI is InChI=1S/C12H17NO/c1-8-12(2,3)11-9(7-14)5-4-6-10(11)13-8/h4-6,8,13-14H,7H2,1-3H3. The van der Waals surface area contributed by atoms with Gasteiger partial charge < -0.3 is 10.4 Å². The van der Waals surface area contributed by atoms with Crippen LogP contribution in [0.15, 0.2) is 18.2 Å². The van der Waals surface area contributed by atoms with Crippen LogP contribution in [0.1, 0.15) is 31.9 Å². The molecule has 1 unspecified atom stereocenters. The van der Waals surface area contributed by atoms with E-state index >= 15 is 0 Å². The summed E-state index contributed by atoms with van der Waals surface area (Å²) < 4.78 is 0. The highest BCUT2D eigenvalue weighted by Gasteiger charge is 2.37. The number of aliphatic hydroxyl groups is 1. The van der Waals surface area contributed by atoms with Gasteiger partial charge in [-0.1, -0.05) is 26.0 Å². The number of nitrogens with one attached hydrogen (secondary N) is 1. The molecule has 0 radical (unpaired) electrons. The summed E-state index contributed by atoms with van der Waals surface area (Å²) in [7, 11) is 0. The fourth-order valence-electron chi connectivity index (χ4n) is 2.24. The summed E-state index contributed by atoms with van der Waals surface area (Å²) in [6.07, 6.45) is 0. The molecule has 2 rings (SSSR count). The molecule has 76 valence electrons. The van der Waals surface area contributed by atoms with Crippen molar-refractivity contribution in [2.45, 2.75) is 38.8 Å². The zero-order chi connectivity index (χ0) is 10.3. The average Bonchev–Trinajstić information content (AvgIpc) is 2.38. The molecule has 0 saturated carbocycles. The maximum absolute atomic E-state index is 9.29. The monoisotopic (exact) mass is 191 g/mol. The van der Waals surface area contributed by atoms with Crippen molar-refractivity contribution < 1.29 is 5.11 Å². The Balaban J connectivity index is 2.60. The number of rotatable bonds is 1. The topological polar surface area (TPSA) is 32.3 Å². The minimum Gasteiger partial charge on any atom is -0.392 e. The first kappa shape index (κ1) is 9.53. The van der Waals surface area contributed by atoms with Gasteiger partial charge in [0.2, 0.25) is 0 Å². The van der Waals surface area contributed by atoms with E-state index in [1.165, 1.54) is 11.3 Å². The third-order valence-corrected chi connectivity index (χ3v) is 3.42. The van der Waals surface area contributed by atoms with E-state index in [1.54, 1.807) is 0 Å². The average molecular weight is 191 g/mol. The van der Waals surface area contributed by atoms with E-state index in [9.17, 15) is 5.11 Å².